The number of hydrogen-bond donors (Lipinski definition) is 2. The van der Waals surface area contributed by atoms with E-state index in [4.69, 9.17) is 21.7 Å². The smallest absolute Gasteiger partial charge is 0.171 e. The van der Waals surface area contributed by atoms with Crippen LogP contribution in [0.25, 0.3) is 0 Å². The van der Waals surface area contributed by atoms with Crippen LogP contribution in [0.4, 0.5) is 5.69 Å². The van der Waals surface area contributed by atoms with Gasteiger partial charge in [0.1, 0.15) is 0 Å². The van der Waals surface area contributed by atoms with Gasteiger partial charge in [-0.25, -0.2) is 0 Å². The first kappa shape index (κ1) is 18.1. The van der Waals surface area contributed by atoms with Crippen LogP contribution < -0.4 is 20.1 Å². The molecule has 5 heteroatoms. The van der Waals surface area contributed by atoms with E-state index < -0.39 is 0 Å². The van der Waals surface area contributed by atoms with Crippen LogP contribution in [0.3, 0.4) is 0 Å². The Balaban J connectivity index is 2.09. The normalized spacial score (nSPS) is 11.5. The van der Waals surface area contributed by atoms with Crippen LogP contribution in [0.1, 0.15) is 30.5 Å². The first-order valence-electron chi connectivity index (χ1n) is 7.93. The van der Waals surface area contributed by atoms with Gasteiger partial charge in [0.05, 0.1) is 20.3 Å². The second-order valence-electron chi connectivity index (χ2n) is 5.54. The highest BCUT2D eigenvalue weighted by molar-refractivity contribution is 7.80. The molecule has 0 spiro atoms. The average Bonchev–Trinajstić information content (AvgIpc) is 2.59. The number of thiocarbonyl (C=S) groups is 1. The van der Waals surface area contributed by atoms with Gasteiger partial charge in [0.2, 0.25) is 0 Å². The van der Waals surface area contributed by atoms with Crippen molar-refractivity contribution in [2.45, 2.75) is 26.3 Å². The first-order chi connectivity index (χ1) is 11.6. The molecule has 0 aliphatic rings. The monoisotopic (exact) mass is 344 g/mol. The molecular formula is C19H24N2O2S. The van der Waals surface area contributed by atoms with Gasteiger partial charge in [0.15, 0.2) is 16.6 Å². The van der Waals surface area contributed by atoms with Crippen molar-refractivity contribution >= 4 is 23.0 Å². The Morgan fingerprint density at radius 2 is 1.83 bits per heavy atom. The summed E-state index contributed by atoms with van der Waals surface area (Å²) < 4.78 is 10.7. The number of benzene rings is 2. The Bertz CT molecular complexity index is 704. The summed E-state index contributed by atoms with van der Waals surface area (Å²) in [6.45, 7) is 4.17. The Morgan fingerprint density at radius 3 is 2.46 bits per heavy atom. The van der Waals surface area contributed by atoms with Gasteiger partial charge in [-0.2, -0.15) is 0 Å². The highest BCUT2D eigenvalue weighted by atomic mass is 32.1. The molecule has 0 saturated carbocycles. The van der Waals surface area contributed by atoms with E-state index in [9.17, 15) is 0 Å². The van der Waals surface area contributed by atoms with E-state index in [0.29, 0.717) is 10.9 Å². The molecule has 0 fully saturated rings. The van der Waals surface area contributed by atoms with E-state index in [1.807, 2.05) is 30.3 Å². The third kappa shape index (κ3) is 4.61. The number of aryl methyl sites for hydroxylation is 1. The predicted octanol–water partition coefficient (Wildman–Crippen LogP) is 4.45. The van der Waals surface area contributed by atoms with Crippen LogP contribution in [0.5, 0.6) is 11.5 Å². The molecule has 0 saturated heterocycles. The summed E-state index contributed by atoms with van der Waals surface area (Å²) >= 11 is 5.45. The number of rotatable bonds is 6. The summed E-state index contributed by atoms with van der Waals surface area (Å²) in [6, 6.07) is 14.1. The summed E-state index contributed by atoms with van der Waals surface area (Å²) in [7, 11) is 3.27. The van der Waals surface area contributed by atoms with Crippen molar-refractivity contribution in [3.8, 4) is 11.5 Å². The van der Waals surface area contributed by atoms with E-state index in [1.165, 1.54) is 5.56 Å². The molecule has 24 heavy (non-hydrogen) atoms. The molecule has 0 amide bonds. The van der Waals surface area contributed by atoms with Crippen molar-refractivity contribution in [1.82, 2.24) is 5.32 Å². The average molecular weight is 344 g/mol. The summed E-state index contributed by atoms with van der Waals surface area (Å²) in [5.41, 5.74) is 3.27. The van der Waals surface area contributed by atoms with Crippen LogP contribution in [0.2, 0.25) is 0 Å². The second kappa shape index (κ2) is 8.55. The molecule has 0 unspecified atom stereocenters. The highest BCUT2D eigenvalue weighted by Crippen LogP contribution is 2.30. The van der Waals surface area contributed by atoms with Gasteiger partial charge in [0, 0.05) is 5.69 Å². The fourth-order valence-corrected chi connectivity index (χ4v) is 2.80. The lowest BCUT2D eigenvalue weighted by molar-refractivity contribution is 0.354. The molecule has 2 N–H and O–H groups in total. The number of hydrogen-bond acceptors (Lipinski definition) is 3. The maximum Gasteiger partial charge on any atom is 0.171 e. The van der Waals surface area contributed by atoms with E-state index in [2.05, 4.69) is 36.6 Å². The zero-order chi connectivity index (χ0) is 17.5. The van der Waals surface area contributed by atoms with E-state index in [0.717, 1.165) is 23.4 Å². The summed E-state index contributed by atoms with van der Waals surface area (Å²) in [4.78, 5) is 0. The number of ether oxygens (including phenoxy) is 2. The molecule has 4 nitrogen and oxygen atoms in total. The highest BCUT2D eigenvalue weighted by Gasteiger charge is 2.14. The van der Waals surface area contributed by atoms with Gasteiger partial charge in [0.25, 0.3) is 0 Å². The second-order valence-corrected chi connectivity index (χ2v) is 5.95. The molecule has 0 aromatic heterocycles. The maximum atomic E-state index is 5.45. The number of nitrogens with one attached hydrogen (secondary N) is 2. The van der Waals surface area contributed by atoms with Gasteiger partial charge in [-0.15, -0.1) is 0 Å². The van der Waals surface area contributed by atoms with Crippen molar-refractivity contribution in [3.63, 3.8) is 0 Å². The molecule has 0 bridgehead atoms. The lowest BCUT2D eigenvalue weighted by Crippen LogP contribution is -2.32. The van der Waals surface area contributed by atoms with Gasteiger partial charge in [-0.1, -0.05) is 25.1 Å². The predicted molar refractivity (Wildman–Crippen MR) is 103 cm³/mol. The fourth-order valence-electron chi connectivity index (χ4n) is 2.54. The zero-order valence-electron chi connectivity index (χ0n) is 14.6. The lowest BCUT2D eigenvalue weighted by atomic mass is 10.0. The van der Waals surface area contributed by atoms with Gasteiger partial charge < -0.3 is 20.1 Å². The number of anilines is 1. The van der Waals surface area contributed by atoms with Crippen LogP contribution in [0.15, 0.2) is 42.5 Å². The topological polar surface area (TPSA) is 42.5 Å². The summed E-state index contributed by atoms with van der Waals surface area (Å²) in [6.07, 6.45) is 0.894. The molecular weight excluding hydrogens is 320 g/mol. The van der Waals surface area contributed by atoms with Crippen molar-refractivity contribution in [3.05, 3.63) is 53.6 Å². The summed E-state index contributed by atoms with van der Waals surface area (Å²) in [5, 5.41) is 7.20. The largest absolute Gasteiger partial charge is 0.493 e. The maximum absolute atomic E-state index is 5.45. The van der Waals surface area contributed by atoms with Crippen LogP contribution in [-0.4, -0.2) is 19.3 Å². The molecule has 2 aromatic rings. The Hall–Kier alpha value is -2.27. The zero-order valence-corrected chi connectivity index (χ0v) is 15.4. The first-order valence-corrected chi connectivity index (χ1v) is 8.34. The third-order valence-electron chi connectivity index (χ3n) is 3.80. The van der Waals surface area contributed by atoms with Gasteiger partial charge in [-0.3, -0.25) is 0 Å². The van der Waals surface area contributed by atoms with Crippen molar-refractivity contribution in [2.24, 2.45) is 0 Å². The summed E-state index contributed by atoms with van der Waals surface area (Å²) in [5.74, 6) is 1.43. The Kier molecular flexibility index (Phi) is 6.44. The third-order valence-corrected chi connectivity index (χ3v) is 4.02. The Morgan fingerprint density at radius 1 is 1.08 bits per heavy atom. The lowest BCUT2D eigenvalue weighted by Gasteiger charge is -2.21. The van der Waals surface area contributed by atoms with Crippen LogP contribution in [0, 0.1) is 6.92 Å². The van der Waals surface area contributed by atoms with Crippen molar-refractivity contribution < 1.29 is 9.47 Å². The number of methoxy groups -OCH3 is 2. The van der Waals surface area contributed by atoms with Crippen molar-refractivity contribution in [2.75, 3.05) is 19.5 Å². The molecule has 0 aliphatic heterocycles. The van der Waals surface area contributed by atoms with Crippen LogP contribution in [-0.2, 0) is 0 Å². The minimum absolute atomic E-state index is 0.0922. The van der Waals surface area contributed by atoms with E-state index in [1.54, 1.807) is 14.2 Å². The minimum atomic E-state index is 0.0922. The van der Waals surface area contributed by atoms with Crippen LogP contribution >= 0.6 is 12.2 Å². The minimum Gasteiger partial charge on any atom is -0.493 e. The Labute approximate surface area is 149 Å². The fraction of sp³-hybridized carbons (Fsp3) is 0.316. The van der Waals surface area contributed by atoms with Crippen molar-refractivity contribution in [1.29, 1.82) is 0 Å². The molecule has 2 aromatic carbocycles. The standard InChI is InChI=1S/C19H24N2O2S/c1-5-16(14-9-10-17(22-3)18(12-14)23-4)21-19(24)20-15-8-6-7-13(2)11-15/h6-12,16H,5H2,1-4H3,(H2,20,21,24)/t16-/m1/s1. The molecule has 0 radical (unpaired) electrons. The molecule has 1 atom stereocenters. The molecule has 0 aliphatic carbocycles. The van der Waals surface area contributed by atoms with E-state index in [-0.39, 0.29) is 6.04 Å². The SMILES string of the molecule is CC[C@@H](NC(=S)Nc1cccc(C)c1)c1ccc(OC)c(OC)c1. The molecule has 2 rings (SSSR count). The van der Waals surface area contributed by atoms with Gasteiger partial charge >= 0.3 is 0 Å². The quantitative estimate of drug-likeness (QED) is 0.758. The molecule has 128 valence electrons. The van der Waals surface area contributed by atoms with Gasteiger partial charge in [-0.05, 0) is 61.0 Å². The van der Waals surface area contributed by atoms with E-state index >= 15 is 0 Å². The molecule has 0 heterocycles.